The lowest BCUT2D eigenvalue weighted by atomic mass is 10.00. The maximum absolute atomic E-state index is 10.2. The van der Waals surface area contributed by atoms with Crippen molar-refractivity contribution in [3.8, 4) is 5.75 Å². The number of ether oxygens (including phenoxy) is 1. The van der Waals surface area contributed by atoms with Gasteiger partial charge in [0.05, 0.1) is 13.1 Å². The molecule has 118 valence electrons. The maximum atomic E-state index is 10.2. The normalized spacial score (nSPS) is 23.9. The van der Waals surface area contributed by atoms with Crippen LogP contribution < -0.4 is 9.64 Å². The highest BCUT2D eigenvalue weighted by molar-refractivity contribution is 5.41. The molecule has 2 rings (SSSR count). The maximum Gasteiger partial charge on any atom is 0.137 e. The van der Waals surface area contributed by atoms with Gasteiger partial charge in [-0.3, -0.25) is 0 Å². The molecule has 3 atom stereocenters. The number of piperidine rings is 1. The van der Waals surface area contributed by atoms with Crippen molar-refractivity contribution in [2.75, 3.05) is 26.2 Å². The zero-order chi connectivity index (χ0) is 15.4. The Balaban J connectivity index is 1.85. The van der Waals surface area contributed by atoms with E-state index in [4.69, 9.17) is 4.74 Å². The molecule has 1 aromatic carbocycles. The quantitative estimate of drug-likeness (QED) is 0.865. The fourth-order valence-electron chi connectivity index (χ4n) is 3.31. The molecule has 0 amide bonds. The molecule has 2 N–H and O–H groups in total. The van der Waals surface area contributed by atoms with Crippen LogP contribution in [0.25, 0.3) is 0 Å². The van der Waals surface area contributed by atoms with Gasteiger partial charge in [-0.05, 0) is 56.4 Å². The van der Waals surface area contributed by atoms with E-state index in [-0.39, 0.29) is 6.10 Å². The average Bonchev–Trinajstić information content (AvgIpc) is 2.41. The molecule has 1 heterocycles. The van der Waals surface area contributed by atoms with Crippen LogP contribution in [0.2, 0.25) is 0 Å². The van der Waals surface area contributed by atoms with Crippen molar-refractivity contribution < 1.29 is 14.7 Å². The number of hydrogen-bond donors (Lipinski definition) is 2. The molecule has 1 unspecified atom stereocenters. The number of aryl methyl sites for hydroxylation is 2. The summed E-state index contributed by atoms with van der Waals surface area (Å²) >= 11 is 0. The summed E-state index contributed by atoms with van der Waals surface area (Å²) in [6, 6.07) is 4.22. The number of nitrogens with one attached hydrogen (secondary N) is 1. The third-order valence-electron chi connectivity index (χ3n) is 4.58. The van der Waals surface area contributed by atoms with Crippen molar-refractivity contribution in [3.63, 3.8) is 0 Å². The summed E-state index contributed by atoms with van der Waals surface area (Å²) in [5.41, 5.74) is 3.62. The van der Waals surface area contributed by atoms with Crippen LogP contribution in [-0.4, -0.2) is 37.5 Å². The molecule has 1 aliphatic rings. The Hall–Kier alpha value is -1.06. The fourth-order valence-corrected chi connectivity index (χ4v) is 3.31. The van der Waals surface area contributed by atoms with Crippen LogP contribution in [-0.2, 0) is 0 Å². The molecule has 3 heteroatoms. The van der Waals surface area contributed by atoms with Gasteiger partial charge in [0.25, 0.3) is 0 Å². The number of quaternary nitrogens is 1. The van der Waals surface area contributed by atoms with E-state index in [1.54, 1.807) is 0 Å². The summed E-state index contributed by atoms with van der Waals surface area (Å²) in [5.74, 6) is 1.69. The Morgan fingerprint density at radius 1 is 1.33 bits per heavy atom. The van der Waals surface area contributed by atoms with Crippen molar-refractivity contribution in [3.05, 3.63) is 28.8 Å². The van der Waals surface area contributed by atoms with E-state index in [2.05, 4.69) is 39.8 Å². The molecule has 0 spiro atoms. The van der Waals surface area contributed by atoms with Gasteiger partial charge in [0.15, 0.2) is 0 Å². The zero-order valence-corrected chi connectivity index (χ0v) is 13.9. The Kier molecular flexibility index (Phi) is 5.65. The van der Waals surface area contributed by atoms with Gasteiger partial charge in [-0.15, -0.1) is 0 Å². The second-order valence-corrected chi connectivity index (χ2v) is 6.83. The van der Waals surface area contributed by atoms with Gasteiger partial charge >= 0.3 is 0 Å². The molecular weight excluding hydrogens is 262 g/mol. The van der Waals surface area contributed by atoms with E-state index in [1.807, 2.05) is 0 Å². The highest BCUT2D eigenvalue weighted by Gasteiger charge is 2.22. The number of aliphatic hydroxyl groups excluding tert-OH is 1. The lowest BCUT2D eigenvalue weighted by molar-refractivity contribution is -0.911. The van der Waals surface area contributed by atoms with E-state index in [0.29, 0.717) is 6.61 Å². The van der Waals surface area contributed by atoms with Gasteiger partial charge in [0.1, 0.15) is 25.0 Å². The molecule has 0 saturated carbocycles. The topological polar surface area (TPSA) is 33.9 Å². The summed E-state index contributed by atoms with van der Waals surface area (Å²) in [6.07, 6.45) is 2.23. The molecule has 1 aliphatic heterocycles. The zero-order valence-electron chi connectivity index (χ0n) is 13.9. The number of aliphatic hydroxyl groups is 1. The van der Waals surface area contributed by atoms with Crippen molar-refractivity contribution in [2.45, 2.75) is 46.6 Å². The Labute approximate surface area is 128 Å². The Morgan fingerprint density at radius 2 is 2.10 bits per heavy atom. The van der Waals surface area contributed by atoms with Gasteiger partial charge in [-0.1, -0.05) is 13.0 Å². The second kappa shape index (κ2) is 7.28. The number of rotatable bonds is 5. The van der Waals surface area contributed by atoms with Crippen molar-refractivity contribution in [1.82, 2.24) is 0 Å². The molecule has 0 aromatic heterocycles. The van der Waals surface area contributed by atoms with Crippen LogP contribution in [0.5, 0.6) is 5.75 Å². The molecule has 0 radical (unpaired) electrons. The fraction of sp³-hybridized carbons (Fsp3) is 0.667. The lowest BCUT2D eigenvalue weighted by Crippen LogP contribution is -3.14. The third-order valence-corrected chi connectivity index (χ3v) is 4.58. The highest BCUT2D eigenvalue weighted by atomic mass is 16.5. The van der Waals surface area contributed by atoms with Crippen molar-refractivity contribution in [2.24, 2.45) is 5.92 Å². The molecule has 1 saturated heterocycles. The minimum Gasteiger partial charge on any atom is -0.490 e. The Bertz CT molecular complexity index is 473. The predicted molar refractivity (Wildman–Crippen MR) is 86.1 cm³/mol. The number of benzene rings is 1. The van der Waals surface area contributed by atoms with E-state index in [0.717, 1.165) is 18.2 Å². The van der Waals surface area contributed by atoms with Crippen LogP contribution in [0, 0.1) is 26.7 Å². The average molecular weight is 292 g/mol. The third kappa shape index (κ3) is 4.72. The molecular formula is C18H30NO2+. The highest BCUT2D eigenvalue weighted by Crippen LogP contribution is 2.23. The molecule has 3 nitrogen and oxygen atoms in total. The number of hydrogen-bond acceptors (Lipinski definition) is 2. The largest absolute Gasteiger partial charge is 0.490 e. The first-order valence-electron chi connectivity index (χ1n) is 8.18. The van der Waals surface area contributed by atoms with E-state index in [1.165, 1.54) is 47.5 Å². The van der Waals surface area contributed by atoms with Crippen LogP contribution in [0.15, 0.2) is 12.1 Å². The van der Waals surface area contributed by atoms with E-state index < -0.39 is 0 Å². The summed E-state index contributed by atoms with van der Waals surface area (Å²) in [7, 11) is 0. The Morgan fingerprint density at radius 3 is 2.81 bits per heavy atom. The van der Waals surface area contributed by atoms with Crippen molar-refractivity contribution in [1.29, 1.82) is 0 Å². The second-order valence-electron chi connectivity index (χ2n) is 6.83. The summed E-state index contributed by atoms with van der Waals surface area (Å²) in [4.78, 5) is 1.52. The first-order valence-corrected chi connectivity index (χ1v) is 8.18. The first kappa shape index (κ1) is 16.3. The summed E-state index contributed by atoms with van der Waals surface area (Å²) in [5, 5.41) is 10.2. The van der Waals surface area contributed by atoms with Crippen LogP contribution in [0.4, 0.5) is 0 Å². The van der Waals surface area contributed by atoms with Gasteiger partial charge < -0.3 is 14.7 Å². The standard InChI is InChI=1S/C18H29NO2/c1-13-6-5-7-19(10-13)11-17(20)12-21-18-9-14(2)8-15(3)16(18)4/h8-9,13,17,20H,5-7,10-12H2,1-4H3/p+1/t13-,17-/m0/s1. The van der Waals surface area contributed by atoms with Crippen LogP contribution in [0.1, 0.15) is 36.5 Å². The minimum absolute atomic E-state index is 0.384. The molecule has 1 fully saturated rings. The first-order chi connectivity index (χ1) is 9.95. The van der Waals surface area contributed by atoms with Crippen LogP contribution >= 0.6 is 0 Å². The summed E-state index contributed by atoms with van der Waals surface area (Å²) in [6.45, 7) is 12.1. The van der Waals surface area contributed by atoms with E-state index in [9.17, 15) is 5.11 Å². The molecule has 0 bridgehead atoms. The predicted octanol–water partition coefficient (Wildman–Crippen LogP) is 1.67. The van der Waals surface area contributed by atoms with Gasteiger partial charge in [0.2, 0.25) is 0 Å². The van der Waals surface area contributed by atoms with E-state index >= 15 is 0 Å². The van der Waals surface area contributed by atoms with Gasteiger partial charge in [-0.25, -0.2) is 0 Å². The lowest BCUT2D eigenvalue weighted by Gasteiger charge is -2.29. The van der Waals surface area contributed by atoms with Crippen molar-refractivity contribution >= 4 is 0 Å². The smallest absolute Gasteiger partial charge is 0.137 e. The minimum atomic E-state index is -0.384. The SMILES string of the molecule is Cc1cc(C)c(C)c(OC[C@@H](O)C[NH+]2CCC[C@H](C)C2)c1. The summed E-state index contributed by atoms with van der Waals surface area (Å²) < 4.78 is 5.87. The van der Waals surface area contributed by atoms with Gasteiger partial charge in [0, 0.05) is 5.92 Å². The molecule has 0 aliphatic carbocycles. The van der Waals surface area contributed by atoms with Gasteiger partial charge in [-0.2, -0.15) is 0 Å². The van der Waals surface area contributed by atoms with Crippen LogP contribution in [0.3, 0.4) is 0 Å². The number of likely N-dealkylation sites (tertiary alicyclic amines) is 1. The molecule has 21 heavy (non-hydrogen) atoms. The molecule has 1 aromatic rings. The monoisotopic (exact) mass is 292 g/mol.